The number of likely N-dealkylation sites (tertiary alicyclic amines) is 1. The molecule has 2 heterocycles. The van der Waals surface area contributed by atoms with Gasteiger partial charge in [0.25, 0.3) is 0 Å². The van der Waals surface area contributed by atoms with Crippen molar-refractivity contribution in [1.82, 2.24) is 9.88 Å². The van der Waals surface area contributed by atoms with Gasteiger partial charge in [0.2, 0.25) is 0 Å². The highest BCUT2D eigenvalue weighted by molar-refractivity contribution is 7.45. The van der Waals surface area contributed by atoms with Crippen LogP contribution in [0.5, 0.6) is 0 Å². The number of rotatable bonds is 1. The van der Waals surface area contributed by atoms with Gasteiger partial charge < -0.3 is 29.4 Å². The smallest absolute Gasteiger partial charge is 0.303 e. The fourth-order valence-electron chi connectivity index (χ4n) is 1.90. The van der Waals surface area contributed by atoms with Crippen molar-refractivity contribution in [3.63, 3.8) is 0 Å². The van der Waals surface area contributed by atoms with Gasteiger partial charge in [-0.1, -0.05) is 6.07 Å². The first-order chi connectivity index (χ1) is 9.88. The molecule has 1 aromatic heterocycles. The van der Waals surface area contributed by atoms with Crippen LogP contribution in [0.15, 0.2) is 24.5 Å². The summed E-state index contributed by atoms with van der Waals surface area (Å²) in [5.41, 5.74) is 1.36. The zero-order valence-electron chi connectivity index (χ0n) is 11.8. The van der Waals surface area contributed by atoms with Gasteiger partial charge in [-0.15, -0.1) is 0 Å². The number of nitrogens with zero attached hydrogens (tertiary/aromatic N) is 2. The van der Waals surface area contributed by atoms with E-state index in [1.165, 1.54) is 24.9 Å². The highest BCUT2D eigenvalue weighted by atomic mass is 31.2. The zero-order valence-corrected chi connectivity index (χ0v) is 13.6. The normalized spacial score (nSPS) is 18.8. The molecule has 1 aliphatic heterocycles. The Morgan fingerprint density at radius 2 is 1.64 bits per heavy atom. The van der Waals surface area contributed by atoms with E-state index in [4.69, 9.17) is 38.5 Å². The van der Waals surface area contributed by atoms with Crippen molar-refractivity contribution >= 4 is 15.6 Å². The second-order valence-electron chi connectivity index (χ2n) is 4.45. The van der Waals surface area contributed by atoms with Crippen LogP contribution in [0, 0.1) is 0 Å². The number of hydrogen-bond acceptors (Lipinski definition) is 4. The van der Waals surface area contributed by atoms with E-state index < -0.39 is 15.6 Å². The molecule has 0 bridgehead atoms. The van der Waals surface area contributed by atoms with Crippen molar-refractivity contribution in [2.45, 2.75) is 18.9 Å². The maximum absolute atomic E-state index is 8.88. The van der Waals surface area contributed by atoms with Gasteiger partial charge in [0.15, 0.2) is 0 Å². The number of hydrogen-bond donors (Lipinski definition) is 6. The van der Waals surface area contributed by atoms with Gasteiger partial charge in [-0.05, 0) is 38.1 Å². The van der Waals surface area contributed by atoms with E-state index in [0.29, 0.717) is 6.04 Å². The number of phosphoric acid groups is 2. The summed E-state index contributed by atoms with van der Waals surface area (Å²) in [5.74, 6) is 0. The fourth-order valence-corrected chi connectivity index (χ4v) is 1.90. The van der Waals surface area contributed by atoms with E-state index in [2.05, 4.69) is 23.0 Å². The molecule has 10 nitrogen and oxygen atoms in total. The minimum Gasteiger partial charge on any atom is -0.303 e. The van der Waals surface area contributed by atoms with E-state index in [1.54, 1.807) is 0 Å². The van der Waals surface area contributed by atoms with Crippen molar-refractivity contribution in [1.29, 1.82) is 0 Å². The molecule has 0 aliphatic carbocycles. The number of aromatic nitrogens is 1. The fraction of sp³-hybridized carbons (Fsp3) is 0.500. The van der Waals surface area contributed by atoms with E-state index in [9.17, 15) is 0 Å². The summed E-state index contributed by atoms with van der Waals surface area (Å²) in [4.78, 5) is 49.7. The Bertz CT molecular complexity index is 480. The monoisotopic (exact) mass is 358 g/mol. The van der Waals surface area contributed by atoms with Crippen LogP contribution in [0.25, 0.3) is 0 Å². The molecule has 6 N–H and O–H groups in total. The van der Waals surface area contributed by atoms with Crippen molar-refractivity contribution in [3.05, 3.63) is 30.1 Å². The summed E-state index contributed by atoms with van der Waals surface area (Å²) >= 11 is 0. The Morgan fingerprint density at radius 1 is 1.14 bits per heavy atom. The molecule has 22 heavy (non-hydrogen) atoms. The third-order valence-corrected chi connectivity index (χ3v) is 2.59. The largest absolute Gasteiger partial charge is 0.466 e. The predicted octanol–water partition coefficient (Wildman–Crippen LogP) is -0.00890. The second-order valence-corrected chi connectivity index (χ2v) is 6.50. The van der Waals surface area contributed by atoms with Gasteiger partial charge >= 0.3 is 15.6 Å². The summed E-state index contributed by atoms with van der Waals surface area (Å²) < 4.78 is 17.8. The molecular weight excluding hydrogens is 338 g/mol. The Labute approximate surface area is 127 Å². The van der Waals surface area contributed by atoms with Gasteiger partial charge in [-0.3, -0.25) is 9.88 Å². The van der Waals surface area contributed by atoms with Crippen LogP contribution in [0.2, 0.25) is 0 Å². The Balaban J connectivity index is 0.000000372. The molecule has 0 radical (unpaired) electrons. The van der Waals surface area contributed by atoms with Gasteiger partial charge in [-0.2, -0.15) is 0 Å². The van der Waals surface area contributed by atoms with Crippen molar-refractivity contribution in [2.75, 3.05) is 13.6 Å². The molecular formula is C10H20N2O8P2. The maximum atomic E-state index is 8.88. The first kappa shape index (κ1) is 21.3. The van der Waals surface area contributed by atoms with E-state index in [0.717, 1.165) is 0 Å². The molecule has 1 atom stereocenters. The molecule has 0 saturated carbocycles. The Hall–Kier alpha value is -0.670. The van der Waals surface area contributed by atoms with Gasteiger partial charge in [0, 0.05) is 18.4 Å². The van der Waals surface area contributed by atoms with Crippen LogP contribution in [0.1, 0.15) is 24.4 Å². The molecule has 1 unspecified atom stereocenters. The molecule has 1 aromatic rings. The van der Waals surface area contributed by atoms with Crippen LogP contribution < -0.4 is 0 Å². The van der Waals surface area contributed by atoms with Crippen molar-refractivity contribution in [2.24, 2.45) is 0 Å². The van der Waals surface area contributed by atoms with E-state index >= 15 is 0 Å². The van der Waals surface area contributed by atoms with Crippen LogP contribution >= 0.6 is 15.6 Å². The Morgan fingerprint density at radius 3 is 1.95 bits per heavy atom. The molecule has 1 aliphatic rings. The lowest BCUT2D eigenvalue weighted by Gasteiger charge is -2.18. The van der Waals surface area contributed by atoms with Crippen molar-refractivity contribution < 1.29 is 38.5 Å². The highest BCUT2D eigenvalue weighted by Gasteiger charge is 2.21. The molecule has 0 spiro atoms. The first-order valence-electron chi connectivity index (χ1n) is 6.04. The molecule has 0 amide bonds. The third-order valence-electron chi connectivity index (χ3n) is 2.59. The average molecular weight is 358 g/mol. The molecule has 12 heteroatoms. The minimum atomic E-state index is -4.64. The maximum Gasteiger partial charge on any atom is 0.466 e. The topological polar surface area (TPSA) is 172 Å². The molecule has 1 saturated heterocycles. The van der Waals surface area contributed by atoms with E-state index in [1.807, 2.05) is 18.5 Å². The van der Waals surface area contributed by atoms with Crippen LogP contribution in [0.4, 0.5) is 0 Å². The summed E-state index contributed by atoms with van der Waals surface area (Å²) in [6, 6.07) is 4.79. The van der Waals surface area contributed by atoms with Gasteiger partial charge in [0.05, 0.1) is 0 Å². The quantitative estimate of drug-likeness (QED) is 0.375. The highest BCUT2D eigenvalue weighted by Crippen LogP contribution is 2.29. The standard InChI is InChI=1S/C10H14N2.2H3O4P/c1-12-7-3-5-10(12)9-4-2-6-11-8-9;2*1-5(2,3)4/h2,4,6,8,10H,3,5,7H2,1H3;2*(H3,1,2,3,4). The van der Waals surface area contributed by atoms with Gasteiger partial charge in [0.1, 0.15) is 0 Å². The van der Waals surface area contributed by atoms with Crippen LogP contribution in [-0.4, -0.2) is 52.8 Å². The lowest BCUT2D eigenvalue weighted by Crippen LogP contribution is -2.17. The zero-order chi connectivity index (χ0) is 17.4. The van der Waals surface area contributed by atoms with Crippen LogP contribution in [-0.2, 0) is 9.13 Å². The van der Waals surface area contributed by atoms with Crippen LogP contribution in [0.3, 0.4) is 0 Å². The molecule has 2 rings (SSSR count). The summed E-state index contributed by atoms with van der Waals surface area (Å²) in [6.45, 7) is 1.22. The summed E-state index contributed by atoms with van der Waals surface area (Å²) in [6.07, 6.45) is 6.41. The predicted molar refractivity (Wildman–Crippen MR) is 77.4 cm³/mol. The number of pyridine rings is 1. The average Bonchev–Trinajstić information content (AvgIpc) is 2.72. The SMILES string of the molecule is CN1CCCC1c1cccnc1.O=P(O)(O)O.O=P(O)(O)O. The van der Waals surface area contributed by atoms with E-state index in [-0.39, 0.29) is 0 Å². The lowest BCUT2D eigenvalue weighted by atomic mass is 10.1. The minimum absolute atomic E-state index is 0.610. The Kier molecular flexibility index (Phi) is 9.18. The van der Waals surface area contributed by atoms with Gasteiger partial charge in [-0.25, -0.2) is 9.13 Å². The molecule has 1 fully saturated rings. The van der Waals surface area contributed by atoms with Crippen molar-refractivity contribution in [3.8, 4) is 0 Å². The summed E-state index contributed by atoms with van der Waals surface area (Å²) in [7, 11) is -7.09. The first-order valence-corrected chi connectivity index (χ1v) is 9.17. The summed E-state index contributed by atoms with van der Waals surface area (Å²) in [5, 5.41) is 0. The molecule has 0 aromatic carbocycles. The second kappa shape index (κ2) is 9.46. The lowest BCUT2D eigenvalue weighted by molar-refractivity contribution is 0.272. The molecule has 128 valence electrons. The third kappa shape index (κ3) is 14.3.